The van der Waals surface area contributed by atoms with Crippen molar-refractivity contribution in [3.05, 3.63) is 12.3 Å². The van der Waals surface area contributed by atoms with Crippen molar-refractivity contribution in [2.75, 3.05) is 13.6 Å². The summed E-state index contributed by atoms with van der Waals surface area (Å²) in [5.41, 5.74) is 0. The van der Waals surface area contributed by atoms with Gasteiger partial charge in [0.2, 0.25) is 0 Å². The molecule has 0 aromatic heterocycles. The molecule has 50 valence electrons. The Morgan fingerprint density at radius 1 is 1.78 bits per heavy atom. The molecule has 1 aliphatic heterocycles. The highest BCUT2D eigenvalue weighted by Crippen LogP contribution is 2.10. The number of rotatable bonds is 0. The Morgan fingerprint density at radius 3 is 2.89 bits per heavy atom. The van der Waals surface area contributed by atoms with Crippen molar-refractivity contribution < 1.29 is 9.53 Å². The molecule has 0 N–H and O–H groups in total. The lowest BCUT2D eigenvalue weighted by Gasteiger charge is -2.22. The van der Waals surface area contributed by atoms with Gasteiger partial charge in [-0.3, -0.25) is 0 Å². The van der Waals surface area contributed by atoms with Crippen molar-refractivity contribution in [1.29, 1.82) is 0 Å². The van der Waals surface area contributed by atoms with Gasteiger partial charge in [0.25, 0.3) is 0 Å². The summed E-state index contributed by atoms with van der Waals surface area (Å²) >= 11 is 0. The van der Waals surface area contributed by atoms with E-state index in [4.69, 9.17) is 4.74 Å². The molecule has 0 unspecified atom stereocenters. The molecule has 1 saturated heterocycles. The molecule has 0 saturated carbocycles. The molecule has 0 bridgehead atoms. The van der Waals surface area contributed by atoms with Crippen LogP contribution in [0.4, 0.5) is 4.79 Å². The van der Waals surface area contributed by atoms with E-state index in [1.54, 1.807) is 7.05 Å². The topological polar surface area (TPSA) is 29.5 Å². The molecule has 0 atom stereocenters. The smallest absolute Gasteiger partial charge is 0.414 e. The molecule has 0 aromatic rings. The van der Waals surface area contributed by atoms with Gasteiger partial charge in [-0.2, -0.15) is 0 Å². The average Bonchev–Trinajstić information content (AvgIpc) is 1.80. The predicted octanol–water partition coefficient (Wildman–Crippen LogP) is 0.972. The Bertz CT molecular complexity index is 153. The summed E-state index contributed by atoms with van der Waals surface area (Å²) in [6, 6.07) is 0. The Labute approximate surface area is 53.9 Å². The van der Waals surface area contributed by atoms with E-state index in [0.717, 1.165) is 13.0 Å². The van der Waals surface area contributed by atoms with E-state index in [0.29, 0.717) is 5.76 Å². The summed E-state index contributed by atoms with van der Waals surface area (Å²) in [6.45, 7) is 4.25. The second-order valence-electron chi connectivity index (χ2n) is 2.08. The van der Waals surface area contributed by atoms with Crippen LogP contribution in [-0.4, -0.2) is 24.6 Å². The highest BCUT2D eigenvalue weighted by molar-refractivity contribution is 5.69. The highest BCUT2D eigenvalue weighted by Gasteiger charge is 2.17. The molecule has 0 spiro atoms. The minimum absolute atomic E-state index is 0.300. The van der Waals surface area contributed by atoms with E-state index < -0.39 is 0 Å². The molecule has 9 heavy (non-hydrogen) atoms. The lowest BCUT2D eigenvalue weighted by molar-refractivity contribution is 0.116. The predicted molar refractivity (Wildman–Crippen MR) is 32.9 cm³/mol. The molecule has 3 heteroatoms. The molecule has 3 nitrogen and oxygen atoms in total. The SMILES string of the molecule is C=C1CCN(C)C(=O)O1. The Hall–Kier alpha value is -0.990. The average molecular weight is 127 g/mol. The molecule has 0 aliphatic carbocycles. The summed E-state index contributed by atoms with van der Waals surface area (Å²) in [7, 11) is 1.70. The molecule has 0 radical (unpaired) electrons. The first-order valence-electron chi connectivity index (χ1n) is 2.81. The standard InChI is InChI=1S/C6H9NO2/c1-5-3-4-7(2)6(8)9-5/h1,3-4H2,2H3. The molecule has 1 rings (SSSR count). The first kappa shape index (κ1) is 6.13. The maximum Gasteiger partial charge on any atom is 0.414 e. The zero-order valence-electron chi connectivity index (χ0n) is 5.39. The van der Waals surface area contributed by atoms with Crippen molar-refractivity contribution in [2.24, 2.45) is 0 Å². The van der Waals surface area contributed by atoms with Crippen LogP contribution in [0.25, 0.3) is 0 Å². The maximum atomic E-state index is 10.6. The van der Waals surface area contributed by atoms with Crippen LogP contribution in [0.3, 0.4) is 0 Å². The van der Waals surface area contributed by atoms with Crippen LogP contribution in [0.2, 0.25) is 0 Å². The van der Waals surface area contributed by atoms with Crippen LogP contribution in [0.5, 0.6) is 0 Å². The molecule has 1 heterocycles. The van der Waals surface area contributed by atoms with Gasteiger partial charge in [0.1, 0.15) is 5.76 Å². The molecule has 1 amide bonds. The number of ether oxygens (including phenoxy) is 1. The first-order chi connectivity index (χ1) is 4.20. The molecule has 1 fully saturated rings. The van der Waals surface area contributed by atoms with Gasteiger partial charge in [0.15, 0.2) is 0 Å². The van der Waals surface area contributed by atoms with Gasteiger partial charge in [0, 0.05) is 20.0 Å². The van der Waals surface area contributed by atoms with Crippen LogP contribution >= 0.6 is 0 Å². The Morgan fingerprint density at radius 2 is 2.44 bits per heavy atom. The third kappa shape index (κ3) is 1.22. The largest absolute Gasteiger partial charge is 0.415 e. The summed E-state index contributed by atoms with van der Waals surface area (Å²) in [6.07, 6.45) is 0.452. The van der Waals surface area contributed by atoms with Gasteiger partial charge in [0.05, 0.1) is 0 Å². The van der Waals surface area contributed by atoms with E-state index in [1.807, 2.05) is 0 Å². The summed E-state index contributed by atoms with van der Waals surface area (Å²) in [5.74, 6) is 0.568. The summed E-state index contributed by atoms with van der Waals surface area (Å²) in [4.78, 5) is 12.2. The number of nitrogens with zero attached hydrogens (tertiary/aromatic N) is 1. The quantitative estimate of drug-likeness (QED) is 0.485. The van der Waals surface area contributed by atoms with E-state index in [-0.39, 0.29) is 6.09 Å². The normalized spacial score (nSPS) is 19.9. The molecular weight excluding hydrogens is 118 g/mol. The fourth-order valence-electron chi connectivity index (χ4n) is 0.636. The first-order valence-corrected chi connectivity index (χ1v) is 2.81. The second kappa shape index (κ2) is 2.09. The lowest BCUT2D eigenvalue weighted by Crippen LogP contribution is -2.32. The number of amides is 1. The monoisotopic (exact) mass is 127 g/mol. The molecular formula is C6H9NO2. The van der Waals surface area contributed by atoms with Crippen molar-refractivity contribution in [1.82, 2.24) is 4.90 Å². The van der Waals surface area contributed by atoms with Gasteiger partial charge in [-0.25, -0.2) is 4.79 Å². The van der Waals surface area contributed by atoms with Crippen LogP contribution in [0, 0.1) is 0 Å². The van der Waals surface area contributed by atoms with Gasteiger partial charge >= 0.3 is 6.09 Å². The minimum Gasteiger partial charge on any atom is -0.415 e. The lowest BCUT2D eigenvalue weighted by atomic mass is 10.3. The third-order valence-electron chi connectivity index (χ3n) is 1.27. The summed E-state index contributed by atoms with van der Waals surface area (Å²) < 4.78 is 4.69. The van der Waals surface area contributed by atoms with Crippen LogP contribution in [-0.2, 0) is 4.74 Å². The van der Waals surface area contributed by atoms with E-state index >= 15 is 0 Å². The van der Waals surface area contributed by atoms with Crippen molar-refractivity contribution in [3.8, 4) is 0 Å². The fourth-order valence-corrected chi connectivity index (χ4v) is 0.636. The van der Waals surface area contributed by atoms with Crippen molar-refractivity contribution >= 4 is 6.09 Å². The van der Waals surface area contributed by atoms with Gasteiger partial charge in [-0.05, 0) is 0 Å². The van der Waals surface area contributed by atoms with Crippen LogP contribution in [0.15, 0.2) is 12.3 Å². The van der Waals surface area contributed by atoms with Crippen molar-refractivity contribution in [3.63, 3.8) is 0 Å². The number of carbonyl (C=O) groups is 1. The number of hydrogen-bond acceptors (Lipinski definition) is 2. The maximum absolute atomic E-state index is 10.6. The zero-order chi connectivity index (χ0) is 6.85. The minimum atomic E-state index is -0.300. The van der Waals surface area contributed by atoms with Gasteiger partial charge in [-0.1, -0.05) is 6.58 Å². The van der Waals surface area contributed by atoms with Crippen molar-refractivity contribution in [2.45, 2.75) is 6.42 Å². The summed E-state index contributed by atoms with van der Waals surface area (Å²) in [5, 5.41) is 0. The Balaban J connectivity index is 2.54. The van der Waals surface area contributed by atoms with Gasteiger partial charge in [-0.15, -0.1) is 0 Å². The van der Waals surface area contributed by atoms with E-state index in [9.17, 15) is 4.79 Å². The number of hydrogen-bond donors (Lipinski definition) is 0. The van der Waals surface area contributed by atoms with Gasteiger partial charge < -0.3 is 9.64 Å². The number of carbonyl (C=O) groups excluding carboxylic acids is 1. The zero-order valence-corrected chi connectivity index (χ0v) is 5.39. The van der Waals surface area contributed by atoms with Crippen LogP contribution < -0.4 is 0 Å². The highest BCUT2D eigenvalue weighted by atomic mass is 16.6. The molecule has 0 aromatic carbocycles. The van der Waals surface area contributed by atoms with Crippen LogP contribution in [0.1, 0.15) is 6.42 Å². The third-order valence-corrected chi connectivity index (χ3v) is 1.27. The second-order valence-corrected chi connectivity index (χ2v) is 2.08. The van der Waals surface area contributed by atoms with E-state index in [2.05, 4.69) is 6.58 Å². The molecule has 1 aliphatic rings. The number of cyclic esters (lactones) is 1. The van der Waals surface area contributed by atoms with E-state index in [1.165, 1.54) is 4.90 Å². The fraction of sp³-hybridized carbons (Fsp3) is 0.500. The Kier molecular flexibility index (Phi) is 1.42.